The minimum absolute atomic E-state index is 0.143. The second kappa shape index (κ2) is 81.1. The third kappa shape index (κ3) is 82.6. The molecule has 0 saturated heterocycles. The number of aliphatic carboxylic acids is 1. The van der Waals surface area contributed by atoms with Crippen molar-refractivity contribution < 1.29 is 42.9 Å². The molecule has 9 nitrogen and oxygen atoms in total. The summed E-state index contributed by atoms with van der Waals surface area (Å²) in [4.78, 5) is 37.7. The molecule has 0 rings (SSSR count). The van der Waals surface area contributed by atoms with Gasteiger partial charge in [-0.25, -0.2) is 0 Å². The van der Waals surface area contributed by atoms with Crippen LogP contribution in [-0.2, 0) is 33.3 Å². The summed E-state index contributed by atoms with van der Waals surface area (Å²) >= 11 is 0. The first-order chi connectivity index (χ1) is 49.6. The second-order valence-corrected chi connectivity index (χ2v) is 29.4. The first-order valence-electron chi connectivity index (χ1n) is 42.3. The minimum atomic E-state index is -1.63. The molecular weight excluding hydrogens is 1250 g/mol. The number of carboxylic acid groups (broad SMARTS) is 1. The molecule has 9 heteroatoms. The number of unbranched alkanes of at least 4 members (excludes halogenated alkanes) is 41. The normalized spacial score (nSPS) is 13.3. The van der Waals surface area contributed by atoms with Crippen LogP contribution in [0.15, 0.2) is 134 Å². The molecule has 0 radical (unpaired) electrons. The van der Waals surface area contributed by atoms with Crippen molar-refractivity contribution in [2.45, 2.75) is 386 Å². The summed E-state index contributed by atoms with van der Waals surface area (Å²) in [6, 6.07) is 0. The minimum Gasteiger partial charge on any atom is -0.545 e. The lowest BCUT2D eigenvalue weighted by molar-refractivity contribution is -0.870. The SMILES string of the molecule is CC/C=C\C/C=C\C/C=C\C/C=C\C/C=C\C/C=C\C/C=C\C/C=C\C/C=C\C/C=C\CCCCCCCCCCCCC(=O)OC(COC(=O)CCCCCCCCCCCCCCCCCCCCCCCCC/C=C\CCCCCCCCCC)COC(OCC[N+](C)(C)C)C(=O)[O-]. The van der Waals surface area contributed by atoms with Gasteiger partial charge in [0.1, 0.15) is 13.2 Å². The van der Waals surface area contributed by atoms with Crippen LogP contribution in [0.5, 0.6) is 0 Å². The van der Waals surface area contributed by atoms with Gasteiger partial charge in [0.25, 0.3) is 0 Å². The van der Waals surface area contributed by atoms with Gasteiger partial charge >= 0.3 is 11.9 Å². The van der Waals surface area contributed by atoms with Gasteiger partial charge in [0.15, 0.2) is 12.4 Å². The second-order valence-electron chi connectivity index (χ2n) is 29.4. The average molecular weight is 1410 g/mol. The maximum Gasteiger partial charge on any atom is 0.306 e. The van der Waals surface area contributed by atoms with Gasteiger partial charge in [-0.3, -0.25) is 9.59 Å². The lowest BCUT2D eigenvalue weighted by Crippen LogP contribution is -2.44. The van der Waals surface area contributed by atoms with E-state index in [1.807, 2.05) is 21.1 Å². The number of hydrogen-bond acceptors (Lipinski definition) is 8. The van der Waals surface area contributed by atoms with Crippen LogP contribution in [0.4, 0.5) is 0 Å². The van der Waals surface area contributed by atoms with E-state index in [9.17, 15) is 19.5 Å². The van der Waals surface area contributed by atoms with E-state index in [4.69, 9.17) is 18.9 Å². The van der Waals surface area contributed by atoms with E-state index in [1.54, 1.807) is 0 Å². The largest absolute Gasteiger partial charge is 0.545 e. The van der Waals surface area contributed by atoms with E-state index < -0.39 is 24.3 Å². The fourth-order valence-corrected chi connectivity index (χ4v) is 12.0. The van der Waals surface area contributed by atoms with Crippen molar-refractivity contribution in [2.75, 3.05) is 47.5 Å². The summed E-state index contributed by atoms with van der Waals surface area (Å²) in [5, 5.41) is 11.9. The molecule has 0 aromatic heterocycles. The van der Waals surface area contributed by atoms with Crippen LogP contribution in [0, 0.1) is 0 Å². The van der Waals surface area contributed by atoms with E-state index in [1.165, 1.54) is 231 Å². The first kappa shape index (κ1) is 96.4. The van der Waals surface area contributed by atoms with Crippen molar-refractivity contribution in [3.05, 3.63) is 134 Å². The Kier molecular flexibility index (Phi) is 77.4. The number of ether oxygens (including phenoxy) is 4. The number of rotatable bonds is 78. The zero-order valence-electron chi connectivity index (χ0n) is 66.5. The van der Waals surface area contributed by atoms with Gasteiger partial charge in [0.2, 0.25) is 0 Å². The van der Waals surface area contributed by atoms with E-state index in [0.29, 0.717) is 23.9 Å². The molecule has 0 heterocycles. The van der Waals surface area contributed by atoms with Gasteiger partial charge in [-0.2, -0.15) is 0 Å². The summed E-state index contributed by atoms with van der Waals surface area (Å²) in [5.74, 6) is -2.28. The Hall–Kier alpha value is -4.57. The first-order valence-corrected chi connectivity index (χ1v) is 42.3. The fourth-order valence-electron chi connectivity index (χ4n) is 12.0. The molecule has 0 aliphatic carbocycles. The molecule has 0 amide bonds. The molecule has 2 unspecified atom stereocenters. The molecule has 2 atom stereocenters. The molecular formula is C92H159NO8. The van der Waals surface area contributed by atoms with Crippen LogP contribution in [-0.4, -0.2) is 82.3 Å². The Balaban J connectivity index is 4.04. The molecule has 0 saturated carbocycles. The zero-order valence-corrected chi connectivity index (χ0v) is 66.5. The third-order valence-electron chi connectivity index (χ3n) is 18.4. The van der Waals surface area contributed by atoms with Gasteiger partial charge in [0, 0.05) is 12.8 Å². The predicted molar refractivity (Wildman–Crippen MR) is 435 cm³/mol. The van der Waals surface area contributed by atoms with Crippen molar-refractivity contribution in [1.82, 2.24) is 0 Å². The zero-order chi connectivity index (χ0) is 73.2. The van der Waals surface area contributed by atoms with Crippen molar-refractivity contribution in [3.8, 4) is 0 Å². The number of quaternary nitrogens is 1. The summed E-state index contributed by atoms with van der Waals surface area (Å²) in [6.07, 6.45) is 114. The fraction of sp³-hybridized carbons (Fsp3) is 0.728. The van der Waals surface area contributed by atoms with Gasteiger partial charge in [0.05, 0.1) is 40.3 Å². The maximum atomic E-state index is 13.0. The summed E-state index contributed by atoms with van der Waals surface area (Å²) in [5.41, 5.74) is 0. The van der Waals surface area contributed by atoms with Crippen LogP contribution >= 0.6 is 0 Å². The molecule has 0 fully saturated rings. The molecule has 0 spiro atoms. The van der Waals surface area contributed by atoms with Gasteiger partial charge in [-0.15, -0.1) is 0 Å². The molecule has 0 aromatic carbocycles. The molecule has 0 aliphatic rings. The number of allylic oxidation sites excluding steroid dienone is 22. The summed E-state index contributed by atoms with van der Waals surface area (Å²) in [7, 11) is 5.94. The van der Waals surface area contributed by atoms with E-state index >= 15 is 0 Å². The van der Waals surface area contributed by atoms with Crippen molar-refractivity contribution in [3.63, 3.8) is 0 Å². The quantitative estimate of drug-likeness (QED) is 0.0195. The molecule has 580 valence electrons. The summed E-state index contributed by atoms with van der Waals surface area (Å²) in [6.45, 7) is 4.67. The van der Waals surface area contributed by atoms with Crippen LogP contribution in [0.25, 0.3) is 0 Å². The average Bonchev–Trinajstić information content (AvgIpc) is 1.21. The number of carbonyl (C=O) groups is 3. The van der Waals surface area contributed by atoms with E-state index in [2.05, 4.69) is 148 Å². The third-order valence-corrected chi connectivity index (χ3v) is 18.4. The van der Waals surface area contributed by atoms with Crippen molar-refractivity contribution in [2.24, 2.45) is 0 Å². The van der Waals surface area contributed by atoms with Crippen LogP contribution < -0.4 is 5.11 Å². The Morgan fingerprint density at radius 1 is 0.307 bits per heavy atom. The highest BCUT2D eigenvalue weighted by Crippen LogP contribution is 2.19. The lowest BCUT2D eigenvalue weighted by Gasteiger charge is -2.26. The van der Waals surface area contributed by atoms with Crippen molar-refractivity contribution >= 4 is 17.9 Å². The number of nitrogens with zero attached hydrogens (tertiary/aromatic N) is 1. The Labute approximate surface area is 624 Å². The molecule has 0 aliphatic heterocycles. The smallest absolute Gasteiger partial charge is 0.306 e. The number of likely N-dealkylation sites (N-methyl/N-ethyl adjacent to an activating group) is 1. The van der Waals surface area contributed by atoms with Crippen LogP contribution in [0.1, 0.15) is 373 Å². The molecule has 101 heavy (non-hydrogen) atoms. The lowest BCUT2D eigenvalue weighted by atomic mass is 10.0. The number of esters is 2. The summed E-state index contributed by atoms with van der Waals surface area (Å²) < 4.78 is 22.9. The highest BCUT2D eigenvalue weighted by atomic mass is 16.7. The topological polar surface area (TPSA) is 111 Å². The Bertz CT molecular complexity index is 2130. The van der Waals surface area contributed by atoms with Gasteiger partial charge in [-0.05, 0) is 116 Å². The Morgan fingerprint density at radius 3 is 0.851 bits per heavy atom. The number of hydrogen-bond donors (Lipinski definition) is 0. The monoisotopic (exact) mass is 1410 g/mol. The van der Waals surface area contributed by atoms with Gasteiger partial charge in [-0.1, -0.05) is 379 Å². The molecule has 0 N–H and O–H groups in total. The number of carboxylic acids is 1. The highest BCUT2D eigenvalue weighted by molar-refractivity contribution is 5.70. The van der Waals surface area contributed by atoms with Gasteiger partial charge < -0.3 is 33.3 Å². The molecule has 0 bridgehead atoms. The van der Waals surface area contributed by atoms with Crippen molar-refractivity contribution in [1.29, 1.82) is 0 Å². The predicted octanol–water partition coefficient (Wildman–Crippen LogP) is 26.3. The standard InChI is InChI=1S/C92H159NO8/c1-6-8-10-12-14-16-18-20-22-24-26-28-30-32-34-36-38-40-42-43-44-45-46-47-49-51-53-55-57-59-61-63-65-67-69-71-73-75-77-79-81-83-90(95)101-88(87-100-92(91(96)97)98-85-84-93(3,4)5)86-99-89(94)82-80-78-76-74-72-70-68-66-64-62-60-58-56-54-52-50-48-41-39-37-35-33-31-29-27-25-23-21-19-17-15-13-11-9-7-2/h8,10,14,16,20,22,25-28,32,34,38,40,43-44,46-47,51,53,57,59,88,92H,6-7,9,11-13,15,17-19,21,23-24,29-31,33,35-37,39,41-42,45,48-50,52,54-56,58,60-87H2,1-5H3/b10-8-,16-14-,22-20-,27-25-,28-26-,34-32-,40-38-,44-43-,47-46-,53-51-,59-57-. The number of carbonyl (C=O) groups excluding carboxylic acids is 3. The van der Waals surface area contributed by atoms with Crippen LogP contribution in [0.3, 0.4) is 0 Å². The molecule has 0 aromatic rings. The Morgan fingerprint density at radius 2 is 0.564 bits per heavy atom. The highest BCUT2D eigenvalue weighted by Gasteiger charge is 2.22. The van der Waals surface area contributed by atoms with Crippen LogP contribution in [0.2, 0.25) is 0 Å². The van der Waals surface area contributed by atoms with E-state index in [-0.39, 0.29) is 32.2 Å². The maximum absolute atomic E-state index is 13.0. The van der Waals surface area contributed by atoms with E-state index in [0.717, 1.165) is 109 Å².